The molecule has 53 heavy (non-hydrogen) atoms. The van der Waals surface area contributed by atoms with Crippen LogP contribution in [0.4, 0.5) is 5.69 Å². The van der Waals surface area contributed by atoms with E-state index < -0.39 is 17.9 Å². The largest absolute Gasteiger partial charge is 0.490 e. The minimum Gasteiger partial charge on any atom is -0.490 e. The summed E-state index contributed by atoms with van der Waals surface area (Å²) in [5, 5.41) is 13.9. The third kappa shape index (κ3) is 7.61. The Balaban J connectivity index is 0.919. The number of nitrogens with one attached hydrogen (secondary N) is 2. The number of imide groups is 1. The standard InChI is InChI=1S/C39H38N8O6/c1-39(2,26-7-12-30(13-8-26)53-36-21-34(40-23-41-36)47-42-16-17-43-47)25-5-10-29(11-6-25)52-31-18-28(19-31)44-27-9-4-24(22-48)32(20-27)38(51)46(3)33-14-15-35(49)45-37(33)50/h4-13,16-17,20-23,28,31,33,44H,14-15,18-19H2,1-3H3,(H,45,49,50)/t28-,31+,33?. The van der Waals surface area contributed by atoms with Crippen molar-refractivity contribution in [2.45, 2.75) is 63.1 Å². The summed E-state index contributed by atoms with van der Waals surface area (Å²) in [5.74, 6) is 0.971. The highest BCUT2D eigenvalue weighted by Gasteiger charge is 2.34. The van der Waals surface area contributed by atoms with E-state index in [1.807, 2.05) is 36.4 Å². The van der Waals surface area contributed by atoms with Crippen LogP contribution in [0.5, 0.6) is 17.4 Å². The van der Waals surface area contributed by atoms with E-state index in [9.17, 15) is 19.2 Å². The van der Waals surface area contributed by atoms with E-state index in [1.165, 1.54) is 23.1 Å². The number of amides is 3. The molecule has 3 aromatic carbocycles. The van der Waals surface area contributed by atoms with Gasteiger partial charge in [-0.3, -0.25) is 24.5 Å². The van der Waals surface area contributed by atoms with Crippen LogP contribution in [-0.4, -0.2) is 79.1 Å². The molecule has 3 amide bonds. The maximum Gasteiger partial charge on any atom is 0.255 e. The van der Waals surface area contributed by atoms with E-state index in [2.05, 4.69) is 56.8 Å². The lowest BCUT2D eigenvalue weighted by molar-refractivity contribution is -0.136. The lowest BCUT2D eigenvalue weighted by Gasteiger charge is -2.36. The monoisotopic (exact) mass is 714 g/mol. The Bertz CT molecular complexity index is 2130. The van der Waals surface area contributed by atoms with Crippen molar-refractivity contribution in [3.8, 4) is 23.2 Å². The van der Waals surface area contributed by atoms with Crippen molar-refractivity contribution in [3.63, 3.8) is 0 Å². The fourth-order valence-corrected chi connectivity index (χ4v) is 6.53. The second kappa shape index (κ2) is 14.7. The van der Waals surface area contributed by atoms with Gasteiger partial charge in [0.15, 0.2) is 12.1 Å². The Kier molecular flexibility index (Phi) is 9.68. The molecule has 14 nitrogen and oxygen atoms in total. The molecule has 1 saturated heterocycles. The van der Waals surface area contributed by atoms with Gasteiger partial charge in [0.1, 0.15) is 30.0 Å². The van der Waals surface area contributed by atoms with Gasteiger partial charge in [-0.1, -0.05) is 38.1 Å². The number of ether oxygens (including phenoxy) is 2. The van der Waals surface area contributed by atoms with Crippen LogP contribution >= 0.6 is 0 Å². The van der Waals surface area contributed by atoms with Crippen LogP contribution < -0.4 is 20.1 Å². The number of rotatable bonds is 12. The second-order valence-electron chi connectivity index (χ2n) is 13.7. The SMILES string of the molecule is CN(C(=O)c1cc(N[C@H]2C[C@@H](Oc3ccc(C(C)(C)c4ccc(Oc5cc(-n6nccn6)ncn5)cc4)cc3)C2)ccc1C=O)C1CCC(=O)NC1=O. The minimum atomic E-state index is -0.786. The smallest absolute Gasteiger partial charge is 0.255 e. The van der Waals surface area contributed by atoms with Crippen molar-refractivity contribution >= 4 is 29.7 Å². The molecule has 2 fully saturated rings. The van der Waals surface area contributed by atoms with E-state index >= 15 is 0 Å². The average Bonchev–Trinajstić information content (AvgIpc) is 3.70. The number of piperidine rings is 1. The van der Waals surface area contributed by atoms with Crippen LogP contribution in [0.3, 0.4) is 0 Å². The summed E-state index contributed by atoms with van der Waals surface area (Å²) in [6.45, 7) is 4.34. The van der Waals surface area contributed by atoms with Crippen LogP contribution in [0.1, 0.15) is 71.4 Å². The molecule has 1 unspecified atom stereocenters. The van der Waals surface area contributed by atoms with Gasteiger partial charge >= 0.3 is 0 Å². The zero-order valence-electron chi connectivity index (χ0n) is 29.4. The molecule has 7 rings (SSSR count). The van der Waals surface area contributed by atoms with Crippen LogP contribution in [0, 0.1) is 0 Å². The van der Waals surface area contributed by atoms with Gasteiger partial charge in [0.05, 0.1) is 18.0 Å². The normalized spacial score (nSPS) is 18.4. The summed E-state index contributed by atoms with van der Waals surface area (Å²) in [7, 11) is 1.51. The number of nitrogens with zero attached hydrogens (tertiary/aromatic N) is 6. The van der Waals surface area contributed by atoms with Gasteiger partial charge < -0.3 is 19.7 Å². The summed E-state index contributed by atoms with van der Waals surface area (Å²) in [6, 6.07) is 22.1. The minimum absolute atomic E-state index is 0.0229. The third-order valence-corrected chi connectivity index (χ3v) is 9.80. The lowest BCUT2D eigenvalue weighted by Crippen LogP contribution is -2.53. The van der Waals surface area contributed by atoms with E-state index in [0.717, 1.165) is 29.7 Å². The highest BCUT2D eigenvalue weighted by atomic mass is 16.5. The van der Waals surface area contributed by atoms with Gasteiger partial charge in [0, 0.05) is 55.1 Å². The van der Waals surface area contributed by atoms with Crippen molar-refractivity contribution in [2.24, 2.45) is 0 Å². The summed E-state index contributed by atoms with van der Waals surface area (Å²) >= 11 is 0. The predicted octanol–water partition coefficient (Wildman–Crippen LogP) is 4.89. The van der Waals surface area contributed by atoms with Crippen molar-refractivity contribution < 1.29 is 28.7 Å². The molecule has 3 heterocycles. The first-order valence-corrected chi connectivity index (χ1v) is 17.3. The number of hydrogen-bond acceptors (Lipinski definition) is 11. The third-order valence-electron chi connectivity index (χ3n) is 9.80. The van der Waals surface area contributed by atoms with Crippen LogP contribution in [-0.2, 0) is 15.0 Å². The molecule has 2 aliphatic rings. The predicted molar refractivity (Wildman–Crippen MR) is 193 cm³/mol. The molecule has 270 valence electrons. The molecular formula is C39H38N8O6. The second-order valence-corrected chi connectivity index (χ2v) is 13.7. The Hall–Kier alpha value is -6.44. The van der Waals surface area contributed by atoms with Crippen molar-refractivity contribution in [1.82, 2.24) is 35.2 Å². The van der Waals surface area contributed by atoms with Crippen molar-refractivity contribution in [3.05, 3.63) is 114 Å². The number of carbonyl (C=O) groups is 4. The Morgan fingerprint density at radius 3 is 2.28 bits per heavy atom. The zero-order chi connectivity index (χ0) is 37.1. The molecule has 2 N–H and O–H groups in total. The molecule has 0 radical (unpaired) electrons. The quantitative estimate of drug-likeness (QED) is 0.133. The van der Waals surface area contributed by atoms with Gasteiger partial charge in [-0.2, -0.15) is 10.2 Å². The van der Waals surface area contributed by atoms with Crippen LogP contribution in [0.2, 0.25) is 0 Å². The summed E-state index contributed by atoms with van der Waals surface area (Å²) in [6.07, 6.45) is 7.10. The first kappa shape index (κ1) is 35.0. The number of anilines is 1. The number of aldehydes is 1. The molecule has 5 aromatic rings. The van der Waals surface area contributed by atoms with E-state index in [1.54, 1.807) is 36.7 Å². The summed E-state index contributed by atoms with van der Waals surface area (Å²) < 4.78 is 12.2. The maximum atomic E-state index is 13.4. The number of carbonyl (C=O) groups excluding carboxylic acids is 4. The molecule has 0 spiro atoms. The van der Waals surface area contributed by atoms with Crippen LogP contribution in [0.15, 0.2) is 91.5 Å². The van der Waals surface area contributed by atoms with Gasteiger partial charge in [0.2, 0.25) is 17.7 Å². The molecule has 2 aromatic heterocycles. The fraction of sp³-hybridized carbons (Fsp3) is 0.282. The number of benzene rings is 3. The molecular weight excluding hydrogens is 676 g/mol. The first-order valence-electron chi connectivity index (χ1n) is 17.3. The number of likely N-dealkylation sites (N-methyl/N-ethyl adjacent to an activating group) is 1. The first-order chi connectivity index (χ1) is 25.6. The molecule has 1 atom stereocenters. The Labute approximate surface area is 305 Å². The molecule has 0 bridgehead atoms. The Morgan fingerprint density at radius 1 is 0.943 bits per heavy atom. The zero-order valence-corrected chi connectivity index (χ0v) is 29.4. The van der Waals surface area contributed by atoms with Gasteiger partial charge in [0.25, 0.3) is 5.91 Å². The lowest BCUT2D eigenvalue weighted by atomic mass is 9.78. The van der Waals surface area contributed by atoms with Crippen LogP contribution in [0.25, 0.3) is 5.82 Å². The Morgan fingerprint density at radius 2 is 1.62 bits per heavy atom. The summed E-state index contributed by atoms with van der Waals surface area (Å²) in [4.78, 5) is 60.1. The fourth-order valence-electron chi connectivity index (χ4n) is 6.53. The van der Waals surface area contributed by atoms with E-state index in [4.69, 9.17) is 9.47 Å². The van der Waals surface area contributed by atoms with E-state index in [-0.39, 0.29) is 47.4 Å². The number of hydrogen-bond donors (Lipinski definition) is 2. The average molecular weight is 715 g/mol. The number of aromatic nitrogens is 5. The molecule has 14 heteroatoms. The molecule has 1 aliphatic carbocycles. The van der Waals surface area contributed by atoms with Gasteiger partial charge in [-0.05, 0) is 60.0 Å². The maximum absolute atomic E-state index is 13.4. The van der Waals surface area contributed by atoms with Gasteiger partial charge in [-0.15, -0.1) is 4.80 Å². The highest BCUT2D eigenvalue weighted by molar-refractivity contribution is 6.06. The van der Waals surface area contributed by atoms with Crippen molar-refractivity contribution in [2.75, 3.05) is 12.4 Å². The molecule has 1 aliphatic heterocycles. The highest BCUT2D eigenvalue weighted by Crippen LogP contribution is 2.35. The molecule has 1 saturated carbocycles. The summed E-state index contributed by atoms with van der Waals surface area (Å²) in [5.41, 5.74) is 3.07. The topological polar surface area (TPSA) is 171 Å². The van der Waals surface area contributed by atoms with E-state index in [0.29, 0.717) is 29.4 Å². The van der Waals surface area contributed by atoms with Crippen molar-refractivity contribution in [1.29, 1.82) is 0 Å². The van der Waals surface area contributed by atoms with Gasteiger partial charge in [-0.25, -0.2) is 9.97 Å².